The molecule has 0 radical (unpaired) electrons. The smallest absolute Gasteiger partial charge is 0.385 e. The van der Waals surface area contributed by atoms with Gasteiger partial charge in [-0.1, -0.05) is 42.5 Å². The fourth-order valence-corrected chi connectivity index (χ4v) is 2.26. The van der Waals surface area contributed by atoms with Crippen LogP contribution in [0.25, 0.3) is 0 Å². The lowest BCUT2D eigenvalue weighted by molar-refractivity contribution is -0.289. The van der Waals surface area contributed by atoms with Gasteiger partial charge in [0.1, 0.15) is 0 Å². The summed E-state index contributed by atoms with van der Waals surface area (Å²) in [6, 6.07) is 14.1. The zero-order valence-corrected chi connectivity index (χ0v) is 12.2. The summed E-state index contributed by atoms with van der Waals surface area (Å²) in [6.07, 6.45) is -5.01. The van der Waals surface area contributed by atoms with Gasteiger partial charge in [0.25, 0.3) is 0 Å². The average molecular weight is 329 g/mol. The van der Waals surface area contributed by atoms with Gasteiger partial charge < -0.3 is 5.32 Å². The van der Waals surface area contributed by atoms with Crippen LogP contribution in [0.15, 0.2) is 54.6 Å². The Morgan fingerprint density at radius 3 is 2.04 bits per heavy atom. The van der Waals surface area contributed by atoms with Crippen molar-refractivity contribution in [2.45, 2.75) is 24.9 Å². The number of aryl methyl sites for hydroxylation is 1. The number of anilines is 1. The quantitative estimate of drug-likeness (QED) is 0.554. The van der Waals surface area contributed by atoms with Gasteiger partial charge in [-0.15, -0.1) is 0 Å². The zero-order valence-electron chi connectivity index (χ0n) is 12.2. The molecule has 0 fully saturated rings. The Morgan fingerprint density at radius 2 is 1.39 bits per heavy atom. The van der Waals surface area contributed by atoms with Crippen molar-refractivity contribution in [2.75, 3.05) is 11.9 Å². The van der Waals surface area contributed by atoms with E-state index in [1.165, 1.54) is 18.2 Å². The summed E-state index contributed by atoms with van der Waals surface area (Å²) < 4.78 is 64.8. The van der Waals surface area contributed by atoms with E-state index in [9.17, 15) is 22.0 Å². The average Bonchev–Trinajstić information content (AvgIpc) is 2.52. The second kappa shape index (κ2) is 6.98. The van der Waals surface area contributed by atoms with Crippen molar-refractivity contribution < 1.29 is 22.0 Å². The highest BCUT2D eigenvalue weighted by atomic mass is 19.4. The summed E-state index contributed by atoms with van der Waals surface area (Å²) >= 11 is 0. The Bertz CT molecular complexity index is 622. The summed E-state index contributed by atoms with van der Waals surface area (Å²) in [5.74, 6) is -4.84. The molecule has 0 unspecified atom stereocenters. The van der Waals surface area contributed by atoms with Gasteiger partial charge in [-0.25, -0.2) is 0 Å². The third-order valence-corrected chi connectivity index (χ3v) is 3.44. The number of halogens is 5. The summed E-state index contributed by atoms with van der Waals surface area (Å²) in [4.78, 5) is 0. The molecule has 2 aromatic carbocycles. The number of rotatable bonds is 6. The van der Waals surface area contributed by atoms with Crippen molar-refractivity contribution in [3.63, 3.8) is 0 Å². The summed E-state index contributed by atoms with van der Waals surface area (Å²) in [5.41, 5.74) is -0.0710. The van der Waals surface area contributed by atoms with Crippen LogP contribution < -0.4 is 5.32 Å². The Balaban J connectivity index is 2.01. The number of benzene rings is 2. The number of hydrogen-bond donors (Lipinski definition) is 1. The van der Waals surface area contributed by atoms with Gasteiger partial charge in [0.2, 0.25) is 0 Å². The van der Waals surface area contributed by atoms with Gasteiger partial charge in [0.15, 0.2) is 0 Å². The highest BCUT2D eigenvalue weighted by Crippen LogP contribution is 2.45. The van der Waals surface area contributed by atoms with Crippen molar-refractivity contribution in [2.24, 2.45) is 0 Å². The molecule has 0 aliphatic carbocycles. The van der Waals surface area contributed by atoms with Crippen molar-refractivity contribution in [3.8, 4) is 0 Å². The van der Waals surface area contributed by atoms with E-state index in [2.05, 4.69) is 5.32 Å². The zero-order chi connectivity index (χ0) is 16.9. The van der Waals surface area contributed by atoms with Gasteiger partial charge in [-0.2, -0.15) is 22.0 Å². The summed E-state index contributed by atoms with van der Waals surface area (Å²) in [5, 5.41) is 3.09. The maximum Gasteiger partial charge on any atom is 0.458 e. The van der Waals surface area contributed by atoms with Crippen LogP contribution in [-0.4, -0.2) is 12.7 Å². The molecular formula is C17H16F5N. The van der Waals surface area contributed by atoms with Crippen LogP contribution in [0.3, 0.4) is 0 Å². The lowest BCUT2D eigenvalue weighted by atomic mass is 9.97. The predicted molar refractivity (Wildman–Crippen MR) is 79.6 cm³/mol. The fraction of sp³-hybridized carbons (Fsp3) is 0.294. The SMILES string of the molecule is FC(F)(F)C(F)(F)c1ccccc1CCCNc1ccccc1. The molecule has 0 bridgehead atoms. The Labute approximate surface area is 131 Å². The second-order valence-corrected chi connectivity index (χ2v) is 5.13. The van der Waals surface area contributed by atoms with E-state index in [0.29, 0.717) is 13.0 Å². The largest absolute Gasteiger partial charge is 0.458 e. The van der Waals surface area contributed by atoms with Crippen LogP contribution in [0, 0.1) is 0 Å². The Morgan fingerprint density at radius 1 is 0.783 bits per heavy atom. The Hall–Kier alpha value is -2.11. The van der Waals surface area contributed by atoms with E-state index < -0.39 is 17.7 Å². The van der Waals surface area contributed by atoms with Gasteiger partial charge >= 0.3 is 12.1 Å². The molecule has 0 amide bonds. The number of hydrogen-bond acceptors (Lipinski definition) is 1. The van der Waals surface area contributed by atoms with E-state index >= 15 is 0 Å². The Kier molecular flexibility index (Phi) is 5.23. The molecular weight excluding hydrogens is 313 g/mol. The molecule has 2 aromatic rings. The lowest BCUT2D eigenvalue weighted by Crippen LogP contribution is -2.34. The summed E-state index contributed by atoms with van der Waals surface area (Å²) in [7, 11) is 0. The monoisotopic (exact) mass is 329 g/mol. The molecule has 0 saturated heterocycles. The lowest BCUT2D eigenvalue weighted by Gasteiger charge is -2.22. The van der Waals surface area contributed by atoms with Gasteiger partial charge in [-0.05, 0) is 30.5 Å². The molecule has 1 N–H and O–H groups in total. The minimum atomic E-state index is -5.59. The maximum absolute atomic E-state index is 13.6. The number of nitrogens with one attached hydrogen (secondary N) is 1. The van der Waals surface area contributed by atoms with Crippen molar-refractivity contribution in [3.05, 3.63) is 65.7 Å². The van der Waals surface area contributed by atoms with E-state index in [4.69, 9.17) is 0 Å². The number of para-hydroxylation sites is 1. The standard InChI is InChI=1S/C17H16F5N/c18-16(19,17(20,21)22)15-11-5-4-7-13(15)8-6-12-23-14-9-2-1-3-10-14/h1-5,7,9-11,23H,6,8,12H2. The number of alkyl halides is 5. The molecule has 0 aliphatic rings. The first-order chi connectivity index (χ1) is 10.8. The molecule has 6 heteroatoms. The predicted octanol–water partition coefficient (Wildman–Crippen LogP) is 5.39. The third-order valence-electron chi connectivity index (χ3n) is 3.44. The molecule has 0 spiro atoms. The van der Waals surface area contributed by atoms with Crippen LogP contribution in [0.4, 0.5) is 27.6 Å². The molecule has 23 heavy (non-hydrogen) atoms. The van der Waals surface area contributed by atoms with Crippen LogP contribution >= 0.6 is 0 Å². The molecule has 2 rings (SSSR count). The molecule has 0 atom stereocenters. The molecule has 0 aromatic heterocycles. The first kappa shape index (κ1) is 17.2. The van der Waals surface area contributed by atoms with Crippen LogP contribution in [0.2, 0.25) is 0 Å². The van der Waals surface area contributed by atoms with E-state index in [0.717, 1.165) is 11.8 Å². The topological polar surface area (TPSA) is 12.0 Å². The molecule has 0 aliphatic heterocycles. The van der Waals surface area contributed by atoms with Crippen molar-refractivity contribution in [1.29, 1.82) is 0 Å². The highest BCUT2D eigenvalue weighted by molar-refractivity contribution is 5.42. The van der Waals surface area contributed by atoms with E-state index in [-0.39, 0.29) is 12.0 Å². The second-order valence-electron chi connectivity index (χ2n) is 5.13. The third kappa shape index (κ3) is 4.21. The normalized spacial score (nSPS) is 12.2. The van der Waals surface area contributed by atoms with Crippen LogP contribution in [0.5, 0.6) is 0 Å². The van der Waals surface area contributed by atoms with Crippen molar-refractivity contribution in [1.82, 2.24) is 0 Å². The molecule has 1 nitrogen and oxygen atoms in total. The molecule has 0 saturated carbocycles. The minimum Gasteiger partial charge on any atom is -0.385 e. The minimum absolute atomic E-state index is 0.0182. The van der Waals surface area contributed by atoms with E-state index in [1.54, 1.807) is 0 Å². The van der Waals surface area contributed by atoms with Gasteiger partial charge in [0, 0.05) is 17.8 Å². The highest BCUT2D eigenvalue weighted by Gasteiger charge is 2.59. The molecule has 0 heterocycles. The molecule has 124 valence electrons. The maximum atomic E-state index is 13.6. The van der Waals surface area contributed by atoms with Crippen LogP contribution in [-0.2, 0) is 12.3 Å². The van der Waals surface area contributed by atoms with Gasteiger partial charge in [0.05, 0.1) is 0 Å². The van der Waals surface area contributed by atoms with Crippen LogP contribution in [0.1, 0.15) is 17.5 Å². The van der Waals surface area contributed by atoms with E-state index in [1.807, 2.05) is 30.3 Å². The van der Waals surface area contributed by atoms with Crippen molar-refractivity contribution >= 4 is 5.69 Å². The van der Waals surface area contributed by atoms with Gasteiger partial charge in [-0.3, -0.25) is 0 Å². The first-order valence-electron chi connectivity index (χ1n) is 7.14. The first-order valence-corrected chi connectivity index (χ1v) is 7.14. The summed E-state index contributed by atoms with van der Waals surface area (Å²) in [6.45, 7) is 0.482. The fourth-order valence-electron chi connectivity index (χ4n) is 2.26.